The molecule has 0 aliphatic carbocycles. The highest BCUT2D eigenvalue weighted by molar-refractivity contribution is 5.92. The lowest BCUT2D eigenvalue weighted by Crippen LogP contribution is -2.26. The topological polar surface area (TPSA) is 113 Å². The summed E-state index contributed by atoms with van der Waals surface area (Å²) in [5.41, 5.74) is -0.314. The van der Waals surface area contributed by atoms with Crippen LogP contribution in [-0.4, -0.2) is 37.4 Å². The van der Waals surface area contributed by atoms with Gasteiger partial charge in [-0.25, -0.2) is 18.6 Å². The van der Waals surface area contributed by atoms with Crippen LogP contribution < -0.4 is 5.43 Å². The molecule has 2 aromatic heterocycles. The zero-order chi connectivity index (χ0) is 23.6. The van der Waals surface area contributed by atoms with E-state index in [-0.39, 0.29) is 47.7 Å². The van der Waals surface area contributed by atoms with Crippen molar-refractivity contribution < 1.29 is 28.9 Å². The molecule has 1 atom stereocenters. The molecule has 3 aromatic rings. The van der Waals surface area contributed by atoms with Crippen molar-refractivity contribution >= 4 is 17.0 Å². The number of rotatable bonds is 8. The molecule has 0 amide bonds. The second-order valence-electron chi connectivity index (χ2n) is 7.94. The van der Waals surface area contributed by atoms with Gasteiger partial charge in [-0.05, 0) is 54.2 Å². The third-order valence-corrected chi connectivity index (χ3v) is 5.54. The Bertz CT molecular complexity index is 1220. The highest BCUT2D eigenvalue weighted by Crippen LogP contribution is 2.24. The summed E-state index contributed by atoms with van der Waals surface area (Å²) in [5, 5.41) is 29.2. The smallest absolute Gasteiger partial charge is 0.341 e. The fourth-order valence-corrected chi connectivity index (χ4v) is 3.73. The number of fused-ring (bicyclic) bond motifs is 1. The molecule has 170 valence electrons. The van der Waals surface area contributed by atoms with E-state index < -0.39 is 41.2 Å². The van der Waals surface area contributed by atoms with Crippen LogP contribution in [0.2, 0.25) is 0 Å². The highest BCUT2D eigenvalue weighted by Gasteiger charge is 2.23. The summed E-state index contributed by atoms with van der Waals surface area (Å²) in [6, 6.07) is 3.99. The van der Waals surface area contributed by atoms with Gasteiger partial charge in [0.15, 0.2) is 0 Å². The van der Waals surface area contributed by atoms with E-state index in [0.29, 0.717) is 5.56 Å². The van der Waals surface area contributed by atoms with Crippen LogP contribution in [0, 0.1) is 17.6 Å². The summed E-state index contributed by atoms with van der Waals surface area (Å²) in [7, 11) is 0. The van der Waals surface area contributed by atoms with E-state index >= 15 is 0 Å². The first-order chi connectivity index (χ1) is 15.2. The van der Waals surface area contributed by atoms with Gasteiger partial charge in [0.1, 0.15) is 22.8 Å². The van der Waals surface area contributed by atoms with Gasteiger partial charge in [-0.15, -0.1) is 0 Å². The van der Waals surface area contributed by atoms with Crippen LogP contribution in [0.1, 0.15) is 47.1 Å². The number of carbonyl (C=O) groups is 1. The van der Waals surface area contributed by atoms with Crippen molar-refractivity contribution in [2.45, 2.75) is 39.3 Å². The Kier molecular flexibility index (Phi) is 7.00. The molecule has 0 aliphatic rings. The molecule has 1 aromatic carbocycles. The molecule has 0 saturated heterocycles. The maximum atomic E-state index is 14.0. The van der Waals surface area contributed by atoms with Gasteiger partial charge in [-0.2, -0.15) is 0 Å². The normalized spacial score (nSPS) is 12.5. The van der Waals surface area contributed by atoms with Crippen molar-refractivity contribution in [3.63, 3.8) is 0 Å². The zero-order valence-electron chi connectivity index (χ0n) is 17.7. The van der Waals surface area contributed by atoms with Crippen molar-refractivity contribution in [2.24, 2.45) is 5.92 Å². The quantitative estimate of drug-likeness (QED) is 0.491. The number of hydrogen-bond donors (Lipinski definition) is 3. The van der Waals surface area contributed by atoms with E-state index in [1.54, 1.807) is 0 Å². The van der Waals surface area contributed by atoms with Crippen molar-refractivity contribution in [1.29, 1.82) is 0 Å². The van der Waals surface area contributed by atoms with Crippen LogP contribution in [-0.2, 0) is 19.4 Å². The number of aryl methyl sites for hydroxylation is 2. The monoisotopic (exact) mass is 446 g/mol. The predicted octanol–water partition coefficient (Wildman–Crippen LogP) is 2.84. The van der Waals surface area contributed by atoms with Crippen molar-refractivity contribution in [2.75, 3.05) is 6.61 Å². The Morgan fingerprint density at radius 2 is 1.81 bits per heavy atom. The summed E-state index contributed by atoms with van der Waals surface area (Å²) in [5.74, 6) is -2.69. The van der Waals surface area contributed by atoms with Crippen molar-refractivity contribution in [3.05, 3.63) is 74.7 Å². The molecular weight excluding hydrogens is 422 g/mol. The van der Waals surface area contributed by atoms with E-state index in [2.05, 4.69) is 4.98 Å². The van der Waals surface area contributed by atoms with Gasteiger partial charge in [0.2, 0.25) is 5.43 Å². The first-order valence-electron chi connectivity index (χ1n) is 10.1. The number of carboxylic acids is 1. The molecule has 0 bridgehead atoms. The molecule has 2 heterocycles. The number of nitrogens with zero attached hydrogens (tertiary/aromatic N) is 2. The minimum absolute atomic E-state index is 0.0101. The summed E-state index contributed by atoms with van der Waals surface area (Å²) >= 11 is 0. The largest absolute Gasteiger partial charge is 0.477 e. The first-order valence-corrected chi connectivity index (χ1v) is 10.1. The predicted molar refractivity (Wildman–Crippen MR) is 114 cm³/mol. The Morgan fingerprint density at radius 3 is 2.41 bits per heavy atom. The van der Waals surface area contributed by atoms with Crippen LogP contribution in [0.25, 0.3) is 11.0 Å². The molecule has 32 heavy (non-hydrogen) atoms. The van der Waals surface area contributed by atoms with E-state index in [1.807, 2.05) is 13.8 Å². The second kappa shape index (κ2) is 9.54. The van der Waals surface area contributed by atoms with Crippen LogP contribution in [0.3, 0.4) is 0 Å². The van der Waals surface area contributed by atoms with Gasteiger partial charge in [-0.1, -0.05) is 13.8 Å². The van der Waals surface area contributed by atoms with E-state index in [0.717, 1.165) is 24.4 Å². The molecule has 7 nitrogen and oxygen atoms in total. The standard InChI is InChI=1S/C23H24F2N2O5/c1-12(2)20(11-29)27-9-17(23(31)32)21(30)16-8-14(19(10-28)26-22(16)27)4-3-13-7-15(24)5-6-18(13)25/h5-9,12,20,28-29H,3-4,10-11H2,1-2H3,(H,31,32)/t20-/m1/s1. The molecule has 3 rings (SSSR count). The lowest BCUT2D eigenvalue weighted by atomic mass is 10.00. The maximum absolute atomic E-state index is 14.0. The third-order valence-electron chi connectivity index (χ3n) is 5.54. The average Bonchev–Trinajstić information content (AvgIpc) is 2.75. The Labute approximate surface area is 182 Å². The lowest BCUT2D eigenvalue weighted by Gasteiger charge is -2.24. The molecule has 0 radical (unpaired) electrons. The SMILES string of the molecule is CC(C)[C@@H](CO)n1cc(C(=O)O)c(=O)c2cc(CCc3cc(F)ccc3F)c(CO)nc21. The number of pyridine rings is 2. The summed E-state index contributed by atoms with van der Waals surface area (Å²) in [6.45, 7) is 2.88. The number of aromatic carboxylic acids is 1. The van der Waals surface area contributed by atoms with Gasteiger partial charge in [0.05, 0.1) is 30.3 Å². The number of aromatic nitrogens is 2. The Balaban J connectivity index is 2.19. The highest BCUT2D eigenvalue weighted by atomic mass is 19.1. The number of benzene rings is 1. The van der Waals surface area contributed by atoms with Gasteiger partial charge < -0.3 is 19.9 Å². The number of halogens is 2. The van der Waals surface area contributed by atoms with Crippen LogP contribution in [0.5, 0.6) is 0 Å². The molecular formula is C23H24F2N2O5. The molecule has 0 saturated carbocycles. The van der Waals surface area contributed by atoms with Gasteiger partial charge >= 0.3 is 5.97 Å². The third kappa shape index (κ3) is 4.53. The minimum atomic E-state index is -1.42. The molecule has 0 unspecified atom stereocenters. The minimum Gasteiger partial charge on any atom is -0.477 e. The van der Waals surface area contributed by atoms with Gasteiger partial charge in [0.25, 0.3) is 0 Å². The maximum Gasteiger partial charge on any atom is 0.341 e. The summed E-state index contributed by atoms with van der Waals surface area (Å²) in [4.78, 5) is 28.9. The number of carboxylic acid groups (broad SMARTS) is 1. The second-order valence-corrected chi connectivity index (χ2v) is 7.94. The number of aliphatic hydroxyl groups is 2. The van der Waals surface area contributed by atoms with Crippen LogP contribution in [0.15, 0.2) is 35.3 Å². The Morgan fingerprint density at radius 1 is 1.12 bits per heavy atom. The van der Waals surface area contributed by atoms with E-state index in [9.17, 15) is 33.7 Å². The number of hydrogen-bond acceptors (Lipinski definition) is 5. The fourth-order valence-electron chi connectivity index (χ4n) is 3.73. The Hall–Kier alpha value is -3.17. The average molecular weight is 446 g/mol. The zero-order valence-corrected chi connectivity index (χ0v) is 17.7. The first kappa shape index (κ1) is 23.5. The molecule has 3 N–H and O–H groups in total. The lowest BCUT2D eigenvalue weighted by molar-refractivity contribution is 0.0694. The van der Waals surface area contributed by atoms with Crippen molar-refractivity contribution in [3.8, 4) is 0 Å². The number of aliphatic hydroxyl groups excluding tert-OH is 2. The van der Waals surface area contributed by atoms with Gasteiger partial charge in [-0.3, -0.25) is 4.79 Å². The molecule has 0 spiro atoms. The summed E-state index contributed by atoms with van der Waals surface area (Å²) in [6.07, 6.45) is 1.38. The summed E-state index contributed by atoms with van der Waals surface area (Å²) < 4.78 is 28.9. The molecule has 0 aliphatic heterocycles. The van der Waals surface area contributed by atoms with E-state index in [1.165, 1.54) is 10.6 Å². The molecule has 9 heteroatoms. The van der Waals surface area contributed by atoms with Gasteiger partial charge in [0, 0.05) is 6.20 Å². The van der Waals surface area contributed by atoms with Crippen molar-refractivity contribution in [1.82, 2.24) is 9.55 Å². The van der Waals surface area contributed by atoms with Crippen LogP contribution in [0.4, 0.5) is 8.78 Å². The van der Waals surface area contributed by atoms with E-state index in [4.69, 9.17) is 0 Å². The van der Waals surface area contributed by atoms with Crippen LogP contribution >= 0.6 is 0 Å². The molecule has 0 fully saturated rings. The fraction of sp³-hybridized carbons (Fsp3) is 0.348.